The summed E-state index contributed by atoms with van der Waals surface area (Å²) < 4.78 is 29.2. The van der Waals surface area contributed by atoms with E-state index in [0.29, 0.717) is 0 Å². The van der Waals surface area contributed by atoms with Crippen molar-refractivity contribution in [3.05, 3.63) is 65.2 Å². The molecule has 0 spiro atoms. The minimum atomic E-state index is -2.97. The van der Waals surface area contributed by atoms with E-state index in [4.69, 9.17) is 0 Å². The summed E-state index contributed by atoms with van der Waals surface area (Å²) in [4.78, 5) is 12.3. The molecule has 0 saturated carbocycles. The lowest BCUT2D eigenvalue weighted by Crippen LogP contribution is -2.27. The van der Waals surface area contributed by atoms with Crippen molar-refractivity contribution < 1.29 is 18.3 Å². The maximum absolute atomic E-state index is 12.4. The van der Waals surface area contributed by atoms with Gasteiger partial charge in [0.25, 0.3) is 5.91 Å². The molecule has 0 saturated heterocycles. The maximum atomic E-state index is 12.4. The number of halogens is 2. The minimum absolute atomic E-state index is 0.0878. The van der Waals surface area contributed by atoms with E-state index in [1.165, 1.54) is 17.7 Å². The molecule has 0 aromatic heterocycles. The molecule has 0 radical (unpaired) electrons. The van der Waals surface area contributed by atoms with E-state index in [9.17, 15) is 13.6 Å². The highest BCUT2D eigenvalue weighted by molar-refractivity contribution is 5.97. The molecule has 1 N–H and O–H groups in total. The molecule has 2 rings (SSSR count). The summed E-state index contributed by atoms with van der Waals surface area (Å²) in [5, 5.41) is 2.80. The quantitative estimate of drug-likeness (QED) is 0.860. The molecule has 0 aliphatic carbocycles. The first-order chi connectivity index (χ1) is 11.0. The Morgan fingerprint density at radius 1 is 1.13 bits per heavy atom. The predicted octanol–water partition coefficient (Wildman–Crippen LogP) is 4.34. The summed E-state index contributed by atoms with van der Waals surface area (Å²) in [5.41, 5.74) is 2.25. The number of alkyl halides is 2. The van der Waals surface area contributed by atoms with E-state index in [2.05, 4.69) is 17.0 Å². The third-order valence-corrected chi connectivity index (χ3v) is 3.58. The number of nitrogens with one attached hydrogen (secondary N) is 1. The summed E-state index contributed by atoms with van der Waals surface area (Å²) in [6.07, 6.45) is 0.944. The van der Waals surface area contributed by atoms with Gasteiger partial charge in [-0.05, 0) is 36.6 Å². The number of amides is 1. The van der Waals surface area contributed by atoms with Crippen LogP contribution in [-0.4, -0.2) is 12.5 Å². The van der Waals surface area contributed by atoms with Gasteiger partial charge in [-0.1, -0.05) is 43.3 Å². The Labute approximate surface area is 134 Å². The number of hydrogen-bond acceptors (Lipinski definition) is 2. The van der Waals surface area contributed by atoms with Crippen LogP contribution in [0.3, 0.4) is 0 Å². The third-order valence-electron chi connectivity index (χ3n) is 3.58. The zero-order chi connectivity index (χ0) is 16.8. The van der Waals surface area contributed by atoms with E-state index in [1.54, 1.807) is 12.1 Å². The lowest BCUT2D eigenvalue weighted by atomic mass is 10.0. The number of para-hydroxylation sites is 1. The van der Waals surface area contributed by atoms with Crippen LogP contribution in [0.1, 0.15) is 41.4 Å². The van der Waals surface area contributed by atoms with Crippen molar-refractivity contribution in [2.24, 2.45) is 0 Å². The summed E-state index contributed by atoms with van der Waals surface area (Å²) in [6, 6.07) is 13.6. The number of hydrogen-bond donors (Lipinski definition) is 1. The first-order valence-corrected chi connectivity index (χ1v) is 7.44. The Morgan fingerprint density at radius 2 is 1.78 bits per heavy atom. The van der Waals surface area contributed by atoms with E-state index in [-0.39, 0.29) is 17.4 Å². The van der Waals surface area contributed by atoms with Crippen LogP contribution in [0.25, 0.3) is 0 Å². The van der Waals surface area contributed by atoms with Gasteiger partial charge in [0, 0.05) is 0 Å². The Kier molecular flexibility index (Phi) is 5.68. The molecule has 2 aromatic carbocycles. The van der Waals surface area contributed by atoms with E-state index in [0.717, 1.165) is 12.0 Å². The largest absolute Gasteiger partial charge is 0.434 e. The first-order valence-electron chi connectivity index (χ1n) is 7.44. The van der Waals surface area contributed by atoms with Gasteiger partial charge in [-0.25, -0.2) is 0 Å². The number of aryl methyl sites for hydroxylation is 1. The molecule has 1 unspecified atom stereocenters. The molecule has 122 valence electrons. The van der Waals surface area contributed by atoms with Crippen molar-refractivity contribution in [1.82, 2.24) is 5.32 Å². The Balaban J connectivity index is 2.11. The van der Waals surface area contributed by atoms with Crippen LogP contribution in [0, 0.1) is 0 Å². The number of rotatable bonds is 6. The van der Waals surface area contributed by atoms with Gasteiger partial charge in [-0.15, -0.1) is 0 Å². The molecular formula is C18H19F2NO2. The lowest BCUT2D eigenvalue weighted by Gasteiger charge is -2.16. The summed E-state index contributed by atoms with van der Waals surface area (Å²) in [5.74, 6) is -0.582. The Bertz CT molecular complexity index is 656. The average molecular weight is 319 g/mol. The monoisotopic (exact) mass is 319 g/mol. The molecule has 1 atom stereocenters. The SMILES string of the molecule is CCc1ccc(C(C)NC(=O)c2ccccc2OC(F)F)cc1. The van der Waals surface area contributed by atoms with Crippen molar-refractivity contribution in [3.63, 3.8) is 0 Å². The van der Waals surface area contributed by atoms with Gasteiger partial charge in [-0.3, -0.25) is 4.79 Å². The van der Waals surface area contributed by atoms with E-state index in [1.807, 2.05) is 31.2 Å². The Morgan fingerprint density at radius 3 is 2.39 bits per heavy atom. The predicted molar refractivity (Wildman–Crippen MR) is 84.8 cm³/mol. The van der Waals surface area contributed by atoms with Gasteiger partial charge >= 0.3 is 6.61 Å². The van der Waals surface area contributed by atoms with Crippen LogP contribution in [0.4, 0.5) is 8.78 Å². The fourth-order valence-corrected chi connectivity index (χ4v) is 2.25. The van der Waals surface area contributed by atoms with E-state index < -0.39 is 12.5 Å². The fourth-order valence-electron chi connectivity index (χ4n) is 2.25. The van der Waals surface area contributed by atoms with Gasteiger partial charge in [-0.2, -0.15) is 8.78 Å². The summed E-state index contributed by atoms with van der Waals surface area (Å²) in [7, 11) is 0. The standard InChI is InChI=1S/C18H19F2NO2/c1-3-13-8-10-14(11-9-13)12(2)21-17(22)15-6-4-5-7-16(15)23-18(19)20/h4-12,18H,3H2,1-2H3,(H,21,22). The number of benzene rings is 2. The second kappa shape index (κ2) is 7.72. The van der Waals surface area contributed by atoms with Crippen LogP contribution in [-0.2, 0) is 6.42 Å². The van der Waals surface area contributed by atoms with Crippen molar-refractivity contribution >= 4 is 5.91 Å². The molecule has 5 heteroatoms. The minimum Gasteiger partial charge on any atom is -0.434 e. The summed E-state index contributed by atoms with van der Waals surface area (Å²) >= 11 is 0. The molecule has 23 heavy (non-hydrogen) atoms. The van der Waals surface area contributed by atoms with E-state index >= 15 is 0 Å². The van der Waals surface area contributed by atoms with Crippen molar-refractivity contribution in [2.45, 2.75) is 32.9 Å². The smallest absolute Gasteiger partial charge is 0.387 e. The molecule has 0 aliphatic rings. The highest BCUT2D eigenvalue weighted by atomic mass is 19.3. The summed E-state index contributed by atoms with van der Waals surface area (Å²) in [6.45, 7) is 0.943. The van der Waals surface area contributed by atoms with Crippen LogP contribution < -0.4 is 10.1 Å². The van der Waals surface area contributed by atoms with Crippen molar-refractivity contribution in [3.8, 4) is 5.75 Å². The fraction of sp³-hybridized carbons (Fsp3) is 0.278. The van der Waals surface area contributed by atoms with Crippen LogP contribution in [0.5, 0.6) is 5.75 Å². The van der Waals surface area contributed by atoms with Crippen molar-refractivity contribution in [1.29, 1.82) is 0 Å². The van der Waals surface area contributed by atoms with Crippen molar-refractivity contribution in [2.75, 3.05) is 0 Å². The molecular weight excluding hydrogens is 300 g/mol. The molecule has 0 aliphatic heterocycles. The second-order valence-corrected chi connectivity index (χ2v) is 5.16. The normalized spacial score (nSPS) is 12.0. The molecule has 1 amide bonds. The third kappa shape index (κ3) is 4.52. The molecule has 2 aromatic rings. The number of carbonyl (C=O) groups is 1. The highest BCUT2D eigenvalue weighted by Crippen LogP contribution is 2.21. The maximum Gasteiger partial charge on any atom is 0.387 e. The number of ether oxygens (including phenoxy) is 1. The second-order valence-electron chi connectivity index (χ2n) is 5.16. The Hall–Kier alpha value is -2.43. The van der Waals surface area contributed by atoms with Crippen LogP contribution >= 0.6 is 0 Å². The average Bonchev–Trinajstić information content (AvgIpc) is 2.54. The lowest BCUT2D eigenvalue weighted by molar-refractivity contribution is -0.0501. The van der Waals surface area contributed by atoms with Gasteiger partial charge in [0.05, 0.1) is 11.6 Å². The highest BCUT2D eigenvalue weighted by Gasteiger charge is 2.17. The number of carbonyl (C=O) groups excluding carboxylic acids is 1. The zero-order valence-corrected chi connectivity index (χ0v) is 13.1. The van der Waals surface area contributed by atoms with Gasteiger partial charge < -0.3 is 10.1 Å². The van der Waals surface area contributed by atoms with Crippen LogP contribution in [0.15, 0.2) is 48.5 Å². The molecule has 0 heterocycles. The molecule has 0 bridgehead atoms. The van der Waals surface area contributed by atoms with Gasteiger partial charge in [0.1, 0.15) is 5.75 Å². The zero-order valence-electron chi connectivity index (χ0n) is 13.1. The van der Waals surface area contributed by atoms with Gasteiger partial charge in [0.15, 0.2) is 0 Å². The van der Waals surface area contributed by atoms with Crippen LogP contribution in [0.2, 0.25) is 0 Å². The molecule has 3 nitrogen and oxygen atoms in total. The van der Waals surface area contributed by atoms with Gasteiger partial charge in [0.2, 0.25) is 0 Å². The molecule has 0 fully saturated rings. The topological polar surface area (TPSA) is 38.3 Å². The first kappa shape index (κ1) is 16.9.